The fourth-order valence-electron chi connectivity index (χ4n) is 0. The summed E-state index contributed by atoms with van der Waals surface area (Å²) in [4.78, 5) is 7.75. The predicted octanol–water partition coefficient (Wildman–Crippen LogP) is -0.498. The molecule has 0 aliphatic heterocycles. The molecule has 0 aliphatic rings. The molecular weight excluding hydrogens is 857 g/mol. The third-order valence-electron chi connectivity index (χ3n) is 0. The minimum atomic E-state index is 0. The number of carbonyl (C=O) groups excluding carboxylic acids is 1. The molecule has 0 fully saturated rings. The minimum absolute atomic E-state index is 0. The Morgan fingerprint density at radius 1 is 1.15 bits per heavy atom. The molecule has 78 valence electrons. The Kier molecular flexibility index (Phi) is 1810. The van der Waals surface area contributed by atoms with Crippen molar-refractivity contribution in [2.75, 3.05) is 0 Å². The van der Waals surface area contributed by atoms with Crippen LogP contribution in [0, 0.1) is 18.9 Å². The molecular formula is C4H7N3O2W4-4. The van der Waals surface area contributed by atoms with Crippen LogP contribution >= 0.6 is 0 Å². The zero-order chi connectivity index (χ0) is 8.71. The third-order valence-corrected chi connectivity index (χ3v) is 0. The summed E-state index contributed by atoms with van der Waals surface area (Å²) in [6.45, 7) is 12.0. The first kappa shape index (κ1) is 63.5. The van der Waals surface area contributed by atoms with Crippen LogP contribution in [0.25, 0.3) is 0 Å². The number of rotatable bonds is 0. The SMILES string of the molecule is [C-]#N.[CH-]=NO.[CH-]=O.[CH2-]N.[W].[W].[W].[W]. The molecule has 0 rings (SSSR count). The largest absolute Gasteiger partial charge is 0.545 e. The van der Waals surface area contributed by atoms with Gasteiger partial charge in [-0.15, -0.1) is 0 Å². The molecule has 0 radical (unpaired) electrons. The Balaban J connectivity index is -0.00000000394. The van der Waals surface area contributed by atoms with Gasteiger partial charge in [-0.3, -0.25) is 13.8 Å². The summed E-state index contributed by atoms with van der Waals surface area (Å²) < 4.78 is 0. The number of nitrogens with two attached hydrogens (primary N) is 1. The summed E-state index contributed by atoms with van der Waals surface area (Å²) in [6, 6.07) is 0. The van der Waals surface area contributed by atoms with E-state index in [1.807, 2.05) is 5.16 Å². The maximum absolute atomic E-state index is 7.75. The molecule has 0 aromatic rings. The van der Waals surface area contributed by atoms with Crippen molar-refractivity contribution < 1.29 is 94.3 Å². The Morgan fingerprint density at radius 2 is 1.15 bits per heavy atom. The average Bonchev–Trinajstić information content (AvgIpc) is 2.01. The number of hydrogen-bond donors (Lipinski definition) is 2. The molecule has 13 heavy (non-hydrogen) atoms. The monoisotopic (exact) mass is 865 g/mol. The van der Waals surface area contributed by atoms with Crippen molar-refractivity contribution in [2.45, 2.75) is 0 Å². The van der Waals surface area contributed by atoms with Crippen LogP contribution in [0.3, 0.4) is 0 Å². The second-order valence-corrected chi connectivity index (χ2v) is 0.115. The Morgan fingerprint density at radius 3 is 1.15 bits per heavy atom. The van der Waals surface area contributed by atoms with E-state index in [1.54, 1.807) is 0 Å². The molecule has 3 N–H and O–H groups in total. The maximum atomic E-state index is 7.75. The van der Waals surface area contributed by atoms with E-state index in [9.17, 15) is 0 Å². The summed E-state index contributed by atoms with van der Waals surface area (Å²) >= 11 is 0. The molecule has 0 aromatic carbocycles. The first-order chi connectivity index (χ1) is 4.41. The standard InChI is InChI=1S/CH2NO.CH4N.CN.CHO.4W/c1-2-3;3*1-2;;;;/h1,3H;1-2H2;;1H;;;;/q4*-1;;;;. The van der Waals surface area contributed by atoms with E-state index in [1.165, 1.54) is 0 Å². The summed E-state index contributed by atoms with van der Waals surface area (Å²) in [5.41, 5.74) is 4.25. The van der Waals surface area contributed by atoms with Crippen LogP contribution < -0.4 is 5.73 Å². The van der Waals surface area contributed by atoms with Gasteiger partial charge in [-0.05, 0) is 0 Å². The van der Waals surface area contributed by atoms with Crippen molar-refractivity contribution in [2.24, 2.45) is 10.9 Å². The van der Waals surface area contributed by atoms with Gasteiger partial charge in [0.25, 0.3) is 0 Å². The first-order valence-electron chi connectivity index (χ1n) is 1.33. The third kappa shape index (κ3) is 952. The van der Waals surface area contributed by atoms with Gasteiger partial charge in [-0.25, -0.2) is 0 Å². The smallest absolute Gasteiger partial charge is 0 e. The van der Waals surface area contributed by atoms with Gasteiger partial charge in [-0.2, -0.15) is 0 Å². The van der Waals surface area contributed by atoms with Gasteiger partial charge >= 0.3 is 0 Å². The molecule has 0 spiro atoms. The van der Waals surface area contributed by atoms with Crippen LogP contribution in [0.15, 0.2) is 5.16 Å². The topological polar surface area (TPSA) is 99.5 Å². The zero-order valence-electron chi connectivity index (χ0n) is 6.32. The molecule has 0 aliphatic carbocycles. The number of nitrogens with zero attached hydrogens (tertiary/aromatic N) is 2. The van der Waals surface area contributed by atoms with Gasteiger partial charge < -0.3 is 39.4 Å². The van der Waals surface area contributed by atoms with Crippen molar-refractivity contribution in [1.82, 2.24) is 0 Å². The van der Waals surface area contributed by atoms with Crippen molar-refractivity contribution in [3.05, 3.63) is 13.6 Å². The van der Waals surface area contributed by atoms with Crippen LogP contribution in [0.4, 0.5) is 0 Å². The summed E-state index contributed by atoms with van der Waals surface area (Å²) in [5.74, 6) is 0. The number of hydrogen-bond acceptors (Lipinski definition) is 5. The van der Waals surface area contributed by atoms with Crippen LogP contribution in [0.1, 0.15) is 0 Å². The normalized spacial score (nSPS) is 1.85. The van der Waals surface area contributed by atoms with E-state index in [0.29, 0.717) is 0 Å². The first-order valence-corrected chi connectivity index (χ1v) is 1.33. The van der Waals surface area contributed by atoms with Crippen molar-refractivity contribution in [3.8, 4) is 0 Å². The molecule has 0 aromatic heterocycles. The second kappa shape index (κ2) is 370. The molecule has 0 amide bonds. The van der Waals surface area contributed by atoms with Crippen LogP contribution in [-0.4, -0.2) is 18.7 Å². The quantitative estimate of drug-likeness (QED) is 0.113. The molecule has 0 bridgehead atoms. The van der Waals surface area contributed by atoms with Gasteiger partial charge in [0.1, 0.15) is 0 Å². The van der Waals surface area contributed by atoms with Crippen molar-refractivity contribution in [1.29, 1.82) is 5.26 Å². The fraction of sp³-hybridized carbons (Fsp3) is 0. The van der Waals surface area contributed by atoms with Crippen LogP contribution in [-0.2, 0) is 89.1 Å². The molecule has 0 atom stereocenters. The minimum Gasteiger partial charge on any atom is -0.545 e. The van der Waals surface area contributed by atoms with Crippen molar-refractivity contribution in [3.63, 3.8) is 0 Å². The van der Waals surface area contributed by atoms with E-state index in [2.05, 4.69) is 26.3 Å². The Hall–Kier alpha value is 1.34. The van der Waals surface area contributed by atoms with Gasteiger partial charge in [0.15, 0.2) is 0 Å². The molecule has 0 saturated carbocycles. The van der Waals surface area contributed by atoms with E-state index >= 15 is 0 Å². The van der Waals surface area contributed by atoms with E-state index in [0.717, 1.165) is 0 Å². The Bertz CT molecular complexity index is 57.9. The van der Waals surface area contributed by atoms with Gasteiger partial charge in [-0.1, -0.05) is 0 Å². The van der Waals surface area contributed by atoms with Gasteiger partial charge in [0.2, 0.25) is 0 Å². The molecule has 0 saturated heterocycles. The van der Waals surface area contributed by atoms with Gasteiger partial charge in [0.05, 0.1) is 0 Å². The summed E-state index contributed by atoms with van der Waals surface area (Å²) in [5, 5.41) is 15.2. The van der Waals surface area contributed by atoms with Crippen LogP contribution in [0.5, 0.6) is 0 Å². The molecule has 9 heteroatoms. The van der Waals surface area contributed by atoms with Crippen molar-refractivity contribution >= 4 is 13.5 Å². The Labute approximate surface area is 136 Å². The maximum Gasteiger partial charge on any atom is 0 e. The molecule has 0 unspecified atom stereocenters. The molecule has 5 nitrogen and oxygen atoms in total. The van der Waals surface area contributed by atoms with Crippen LogP contribution in [0.2, 0.25) is 0 Å². The summed E-state index contributed by atoms with van der Waals surface area (Å²) in [7, 11) is 2.75. The van der Waals surface area contributed by atoms with E-state index in [-0.39, 0.29) is 84.3 Å². The van der Waals surface area contributed by atoms with E-state index < -0.39 is 0 Å². The fourth-order valence-corrected chi connectivity index (χ4v) is 0. The zero-order valence-corrected chi connectivity index (χ0v) is 18.1. The second-order valence-electron chi connectivity index (χ2n) is 0.115. The van der Waals surface area contributed by atoms with Gasteiger partial charge in [0, 0.05) is 84.3 Å². The molecule has 0 heterocycles. The average molecular weight is 864 g/mol. The van der Waals surface area contributed by atoms with E-state index in [4.69, 9.17) is 21.8 Å². The summed E-state index contributed by atoms with van der Waals surface area (Å²) in [6.07, 6.45) is 0. The predicted molar refractivity (Wildman–Crippen MR) is 31.5 cm³/mol.